The molecule has 3 heterocycles. The number of nitrogens with zero attached hydrogens (tertiary/aromatic N) is 3. The smallest absolute Gasteiger partial charge is 0.311 e. The predicted molar refractivity (Wildman–Crippen MR) is 131 cm³/mol. The Labute approximate surface area is 206 Å². The number of aromatic nitrogens is 4. The Morgan fingerprint density at radius 1 is 1.06 bits per heavy atom. The zero-order valence-corrected chi connectivity index (χ0v) is 19.7. The SMILES string of the molecule is COC(=O)C1C2CCC(CC2)C1Nc1cc(-c2ccccc2F)nc(-c2c[nH]c3ncc(F)cc23)n1. The highest BCUT2D eigenvalue weighted by molar-refractivity contribution is 5.92. The van der Waals surface area contributed by atoms with Crippen molar-refractivity contribution in [1.29, 1.82) is 0 Å². The lowest BCUT2D eigenvalue weighted by atomic mass is 9.61. The molecule has 184 valence electrons. The van der Waals surface area contributed by atoms with Gasteiger partial charge in [-0.2, -0.15) is 0 Å². The minimum atomic E-state index is -0.480. The molecule has 0 aliphatic heterocycles. The van der Waals surface area contributed by atoms with E-state index in [0.29, 0.717) is 45.4 Å². The van der Waals surface area contributed by atoms with Gasteiger partial charge >= 0.3 is 5.97 Å². The third-order valence-corrected chi connectivity index (χ3v) is 7.62. The molecular formula is C27H25F2N5O2. The molecule has 1 aromatic carbocycles. The summed E-state index contributed by atoms with van der Waals surface area (Å²) in [6.07, 6.45) is 6.87. The average molecular weight is 490 g/mol. The van der Waals surface area contributed by atoms with Crippen LogP contribution < -0.4 is 5.32 Å². The van der Waals surface area contributed by atoms with Crippen molar-refractivity contribution in [1.82, 2.24) is 19.9 Å². The van der Waals surface area contributed by atoms with Crippen molar-refractivity contribution < 1.29 is 18.3 Å². The minimum Gasteiger partial charge on any atom is -0.469 e. The number of nitrogens with one attached hydrogen (secondary N) is 2. The largest absolute Gasteiger partial charge is 0.469 e. The number of benzene rings is 1. The van der Waals surface area contributed by atoms with Crippen LogP contribution in [0.1, 0.15) is 25.7 Å². The molecule has 2 unspecified atom stereocenters. The van der Waals surface area contributed by atoms with E-state index in [-0.39, 0.29) is 23.8 Å². The van der Waals surface area contributed by atoms with Gasteiger partial charge in [-0.3, -0.25) is 4.79 Å². The molecule has 36 heavy (non-hydrogen) atoms. The molecule has 3 saturated carbocycles. The Kier molecular flexibility index (Phi) is 5.62. The average Bonchev–Trinajstić information content (AvgIpc) is 3.32. The van der Waals surface area contributed by atoms with E-state index in [2.05, 4.69) is 20.3 Å². The standard InChI is InChI=1S/C27H25F2N5O2/c1-36-27(35)23-14-6-8-15(9-7-14)24(23)33-22-11-21(17-4-2-3-5-20(17)29)32-26(34-22)19-13-31-25-18(19)10-16(28)12-30-25/h2-5,10-15,23-24H,6-9H2,1H3,(H,30,31)(H,32,33,34). The van der Waals surface area contributed by atoms with Crippen LogP contribution in [-0.2, 0) is 9.53 Å². The highest BCUT2D eigenvalue weighted by Gasteiger charge is 2.48. The number of rotatable bonds is 5. The van der Waals surface area contributed by atoms with Crippen molar-refractivity contribution in [3.05, 3.63) is 60.4 Å². The Morgan fingerprint density at radius 3 is 2.61 bits per heavy atom. The van der Waals surface area contributed by atoms with Gasteiger partial charge in [0.1, 0.15) is 23.1 Å². The number of carbonyl (C=O) groups excluding carboxylic acids is 1. The second-order valence-electron chi connectivity index (χ2n) is 9.59. The number of halogens is 2. The normalized spacial score (nSPS) is 23.1. The van der Waals surface area contributed by atoms with Gasteiger partial charge < -0.3 is 15.0 Å². The van der Waals surface area contributed by atoms with E-state index in [1.54, 1.807) is 30.5 Å². The summed E-state index contributed by atoms with van der Waals surface area (Å²) in [7, 11) is 1.42. The molecule has 0 amide bonds. The molecule has 2 N–H and O–H groups in total. The number of methoxy groups -OCH3 is 1. The summed E-state index contributed by atoms with van der Waals surface area (Å²) in [5.74, 6) is -0.0467. The molecule has 0 radical (unpaired) electrons. The molecule has 3 fully saturated rings. The summed E-state index contributed by atoms with van der Waals surface area (Å²) in [4.78, 5) is 29.2. The van der Waals surface area contributed by atoms with Gasteiger partial charge in [-0.25, -0.2) is 23.7 Å². The zero-order valence-electron chi connectivity index (χ0n) is 19.7. The molecular weight excluding hydrogens is 464 g/mol. The van der Waals surface area contributed by atoms with Gasteiger partial charge in [0.15, 0.2) is 5.82 Å². The molecule has 9 heteroatoms. The lowest BCUT2D eigenvalue weighted by Gasteiger charge is -2.47. The third kappa shape index (κ3) is 3.88. The molecule has 3 aromatic heterocycles. The van der Waals surface area contributed by atoms with Gasteiger partial charge in [-0.1, -0.05) is 12.1 Å². The van der Waals surface area contributed by atoms with E-state index >= 15 is 0 Å². The van der Waals surface area contributed by atoms with E-state index in [9.17, 15) is 13.6 Å². The summed E-state index contributed by atoms with van der Waals surface area (Å²) in [6, 6.07) is 9.31. The maximum Gasteiger partial charge on any atom is 0.311 e. The molecule has 0 spiro atoms. The number of hydrogen-bond donors (Lipinski definition) is 2. The Balaban J connectivity index is 1.47. The fourth-order valence-corrected chi connectivity index (χ4v) is 5.91. The first-order chi connectivity index (χ1) is 17.5. The van der Waals surface area contributed by atoms with E-state index in [1.165, 1.54) is 19.2 Å². The third-order valence-electron chi connectivity index (χ3n) is 7.62. The van der Waals surface area contributed by atoms with Gasteiger partial charge in [-0.15, -0.1) is 0 Å². The summed E-state index contributed by atoms with van der Waals surface area (Å²) in [6.45, 7) is 0. The van der Waals surface area contributed by atoms with E-state index in [4.69, 9.17) is 9.72 Å². The lowest BCUT2D eigenvalue weighted by Crippen LogP contribution is -2.51. The maximum atomic E-state index is 14.8. The van der Waals surface area contributed by atoms with Crippen LogP contribution >= 0.6 is 0 Å². The highest BCUT2D eigenvalue weighted by Crippen LogP contribution is 2.47. The number of fused-ring (bicyclic) bond motifs is 4. The van der Waals surface area contributed by atoms with Crippen molar-refractivity contribution in [2.75, 3.05) is 12.4 Å². The molecule has 3 aliphatic carbocycles. The first kappa shape index (κ1) is 22.6. The highest BCUT2D eigenvalue weighted by atomic mass is 19.1. The number of pyridine rings is 1. The van der Waals surface area contributed by atoms with Crippen molar-refractivity contribution in [2.45, 2.75) is 31.7 Å². The van der Waals surface area contributed by atoms with Crippen LogP contribution in [0.15, 0.2) is 48.8 Å². The van der Waals surface area contributed by atoms with Gasteiger partial charge in [0.05, 0.1) is 24.9 Å². The van der Waals surface area contributed by atoms with Crippen molar-refractivity contribution >= 4 is 22.8 Å². The van der Waals surface area contributed by atoms with Crippen molar-refractivity contribution in [3.63, 3.8) is 0 Å². The van der Waals surface area contributed by atoms with E-state index in [0.717, 1.165) is 31.9 Å². The Hall–Kier alpha value is -3.88. The lowest BCUT2D eigenvalue weighted by molar-refractivity contribution is -0.152. The number of hydrogen-bond acceptors (Lipinski definition) is 6. The van der Waals surface area contributed by atoms with Crippen molar-refractivity contribution in [3.8, 4) is 22.6 Å². The van der Waals surface area contributed by atoms with Crippen LogP contribution in [0.4, 0.5) is 14.6 Å². The van der Waals surface area contributed by atoms with Crippen LogP contribution in [0, 0.1) is 29.4 Å². The Morgan fingerprint density at radius 2 is 1.83 bits per heavy atom. The summed E-state index contributed by atoms with van der Waals surface area (Å²) in [5.41, 5.74) is 1.75. The zero-order chi connectivity index (χ0) is 24.8. The fraction of sp³-hybridized carbons (Fsp3) is 0.333. The van der Waals surface area contributed by atoms with Crippen LogP contribution in [0.2, 0.25) is 0 Å². The number of anilines is 1. The summed E-state index contributed by atoms with van der Waals surface area (Å²) < 4.78 is 33.9. The first-order valence-corrected chi connectivity index (χ1v) is 12.1. The first-order valence-electron chi connectivity index (χ1n) is 12.1. The van der Waals surface area contributed by atoms with E-state index in [1.807, 2.05) is 0 Å². The predicted octanol–water partition coefficient (Wildman–Crippen LogP) is 5.35. The van der Waals surface area contributed by atoms with Gasteiger partial charge in [0.2, 0.25) is 0 Å². The van der Waals surface area contributed by atoms with Crippen LogP contribution in [0.5, 0.6) is 0 Å². The number of H-pyrrole nitrogens is 1. The molecule has 3 aliphatic rings. The fourth-order valence-electron chi connectivity index (χ4n) is 5.91. The molecule has 7 nitrogen and oxygen atoms in total. The topological polar surface area (TPSA) is 92.8 Å². The van der Waals surface area contributed by atoms with Crippen LogP contribution in [0.3, 0.4) is 0 Å². The number of carbonyl (C=O) groups is 1. The Bertz CT molecular complexity index is 1450. The minimum absolute atomic E-state index is 0.150. The molecule has 7 rings (SSSR count). The monoisotopic (exact) mass is 489 g/mol. The number of aromatic amines is 1. The summed E-state index contributed by atoms with van der Waals surface area (Å²) in [5, 5.41) is 4.02. The van der Waals surface area contributed by atoms with Crippen LogP contribution in [0.25, 0.3) is 33.7 Å². The van der Waals surface area contributed by atoms with Crippen LogP contribution in [-0.4, -0.2) is 39.1 Å². The quantitative estimate of drug-likeness (QED) is 0.367. The second kappa shape index (κ2) is 8.96. The molecule has 2 atom stereocenters. The molecule has 4 aromatic rings. The summed E-state index contributed by atoms with van der Waals surface area (Å²) >= 11 is 0. The molecule has 2 bridgehead atoms. The number of esters is 1. The second-order valence-corrected chi connectivity index (χ2v) is 9.59. The van der Waals surface area contributed by atoms with Gasteiger partial charge in [-0.05, 0) is 55.7 Å². The van der Waals surface area contributed by atoms with Gasteiger partial charge in [0, 0.05) is 34.8 Å². The maximum absolute atomic E-state index is 14.8. The molecule has 0 saturated heterocycles. The van der Waals surface area contributed by atoms with Gasteiger partial charge in [0.25, 0.3) is 0 Å². The van der Waals surface area contributed by atoms with E-state index < -0.39 is 11.6 Å². The number of ether oxygens (including phenoxy) is 1. The van der Waals surface area contributed by atoms with Crippen molar-refractivity contribution in [2.24, 2.45) is 17.8 Å².